The lowest BCUT2D eigenvalue weighted by molar-refractivity contribution is -0.127. The number of hydrogen-bond acceptors (Lipinski definition) is 5. The Morgan fingerprint density at radius 2 is 1.69 bits per heavy atom. The Balaban J connectivity index is 1.20. The summed E-state index contributed by atoms with van der Waals surface area (Å²) in [6.07, 6.45) is 2.49. The molecule has 36 heavy (non-hydrogen) atoms. The minimum absolute atomic E-state index is 0.202. The number of para-hydroxylation sites is 1. The molecule has 2 aliphatic rings. The molecule has 0 aromatic heterocycles. The molecule has 8 nitrogen and oxygen atoms in total. The van der Waals surface area contributed by atoms with Crippen molar-refractivity contribution in [3.63, 3.8) is 0 Å². The number of anilines is 4. The molecule has 0 atom stereocenters. The number of carbonyl (C=O) groups is 3. The van der Waals surface area contributed by atoms with Crippen molar-refractivity contribution < 1.29 is 14.4 Å². The average Bonchev–Trinajstić information content (AvgIpc) is 3.50. The molecule has 0 spiro atoms. The van der Waals surface area contributed by atoms with Gasteiger partial charge in [-0.05, 0) is 61.4 Å². The monoisotopic (exact) mass is 483 g/mol. The lowest BCUT2D eigenvalue weighted by Gasteiger charge is -2.16. The van der Waals surface area contributed by atoms with Gasteiger partial charge in [0.1, 0.15) is 0 Å². The molecule has 2 aliphatic heterocycles. The van der Waals surface area contributed by atoms with Gasteiger partial charge in [-0.3, -0.25) is 14.4 Å². The van der Waals surface area contributed by atoms with E-state index in [1.54, 1.807) is 18.2 Å². The van der Waals surface area contributed by atoms with Crippen LogP contribution >= 0.6 is 0 Å². The zero-order chi connectivity index (χ0) is 24.9. The van der Waals surface area contributed by atoms with E-state index < -0.39 is 0 Å². The van der Waals surface area contributed by atoms with Crippen molar-refractivity contribution in [1.29, 1.82) is 0 Å². The summed E-state index contributed by atoms with van der Waals surface area (Å²) in [6, 6.07) is 20.6. The van der Waals surface area contributed by atoms with Gasteiger partial charge in [-0.2, -0.15) is 0 Å². The number of fused-ring (bicyclic) bond motifs is 1. The van der Waals surface area contributed by atoms with Crippen molar-refractivity contribution >= 4 is 40.5 Å². The van der Waals surface area contributed by atoms with Crippen LogP contribution < -0.4 is 21.3 Å². The normalized spacial score (nSPS) is 14.4. The van der Waals surface area contributed by atoms with E-state index in [9.17, 15) is 14.4 Å². The maximum Gasteiger partial charge on any atom is 0.255 e. The Kier molecular flexibility index (Phi) is 6.84. The van der Waals surface area contributed by atoms with Gasteiger partial charge in [0, 0.05) is 60.8 Å². The molecule has 0 saturated carbocycles. The van der Waals surface area contributed by atoms with Gasteiger partial charge in [0.25, 0.3) is 11.8 Å². The number of likely N-dealkylation sites (tertiary alicyclic amines) is 1. The molecule has 3 aromatic rings. The molecule has 0 bridgehead atoms. The van der Waals surface area contributed by atoms with Crippen LogP contribution in [0.2, 0.25) is 0 Å². The first-order valence-corrected chi connectivity index (χ1v) is 12.3. The van der Waals surface area contributed by atoms with E-state index >= 15 is 0 Å². The molecular formula is C28H29N5O3. The standard InChI is InChI=1S/C28H29N5O3/c34-25-8-4-16-33(25)17-5-15-29-20-11-9-19(10-12-20)27(35)32-24-14-13-23(22-18-30-28(36)26(22)24)31-21-6-2-1-3-7-21/h1-3,6-7,9-14,29,31H,4-5,8,15-18H2,(H,30,36)(H,32,35). The van der Waals surface area contributed by atoms with E-state index in [2.05, 4.69) is 21.3 Å². The molecular weight excluding hydrogens is 454 g/mol. The largest absolute Gasteiger partial charge is 0.385 e. The van der Waals surface area contributed by atoms with Gasteiger partial charge in [0.2, 0.25) is 5.91 Å². The molecule has 3 amide bonds. The van der Waals surface area contributed by atoms with Gasteiger partial charge >= 0.3 is 0 Å². The van der Waals surface area contributed by atoms with Gasteiger partial charge in [0.05, 0.1) is 11.3 Å². The van der Waals surface area contributed by atoms with Crippen LogP contribution in [0.5, 0.6) is 0 Å². The predicted octanol–water partition coefficient (Wildman–Crippen LogP) is 4.35. The fourth-order valence-corrected chi connectivity index (χ4v) is 4.62. The number of carbonyl (C=O) groups excluding carboxylic acids is 3. The third-order valence-electron chi connectivity index (χ3n) is 6.52. The van der Waals surface area contributed by atoms with Gasteiger partial charge in [-0.15, -0.1) is 0 Å². The second-order valence-corrected chi connectivity index (χ2v) is 8.98. The first-order valence-electron chi connectivity index (χ1n) is 12.3. The average molecular weight is 484 g/mol. The molecule has 1 fully saturated rings. The highest BCUT2D eigenvalue weighted by molar-refractivity contribution is 6.11. The summed E-state index contributed by atoms with van der Waals surface area (Å²) in [5, 5.41) is 12.4. The van der Waals surface area contributed by atoms with Crippen LogP contribution in [0.4, 0.5) is 22.7 Å². The van der Waals surface area contributed by atoms with E-state index in [-0.39, 0.29) is 17.7 Å². The van der Waals surface area contributed by atoms with Crippen LogP contribution in [0.3, 0.4) is 0 Å². The molecule has 0 radical (unpaired) electrons. The molecule has 0 aliphatic carbocycles. The van der Waals surface area contributed by atoms with Crippen molar-refractivity contribution in [2.75, 3.05) is 35.6 Å². The van der Waals surface area contributed by atoms with Gasteiger partial charge in [0.15, 0.2) is 0 Å². The summed E-state index contributed by atoms with van der Waals surface area (Å²) in [5.74, 6) is -0.234. The molecule has 1 saturated heterocycles. The zero-order valence-electron chi connectivity index (χ0n) is 20.0. The van der Waals surface area contributed by atoms with Crippen molar-refractivity contribution in [3.8, 4) is 0 Å². The highest BCUT2D eigenvalue weighted by Crippen LogP contribution is 2.33. The fourth-order valence-electron chi connectivity index (χ4n) is 4.62. The molecule has 5 rings (SSSR count). The summed E-state index contributed by atoms with van der Waals surface area (Å²) in [6.45, 7) is 2.78. The van der Waals surface area contributed by atoms with E-state index in [0.717, 1.165) is 55.1 Å². The van der Waals surface area contributed by atoms with E-state index in [4.69, 9.17) is 0 Å². The second-order valence-electron chi connectivity index (χ2n) is 8.98. The van der Waals surface area contributed by atoms with Crippen molar-refractivity contribution in [2.24, 2.45) is 0 Å². The van der Waals surface area contributed by atoms with Crippen LogP contribution in [0.1, 0.15) is 45.5 Å². The van der Waals surface area contributed by atoms with Crippen LogP contribution in [0, 0.1) is 0 Å². The molecule has 2 heterocycles. The van der Waals surface area contributed by atoms with Crippen LogP contribution in [0.15, 0.2) is 66.7 Å². The highest BCUT2D eigenvalue weighted by atomic mass is 16.2. The molecule has 0 unspecified atom stereocenters. The van der Waals surface area contributed by atoms with Crippen molar-refractivity contribution in [1.82, 2.24) is 10.2 Å². The van der Waals surface area contributed by atoms with E-state index in [0.29, 0.717) is 29.8 Å². The Morgan fingerprint density at radius 3 is 2.44 bits per heavy atom. The number of hydrogen-bond donors (Lipinski definition) is 4. The Hall–Kier alpha value is -4.33. The predicted molar refractivity (Wildman–Crippen MR) is 141 cm³/mol. The number of rotatable bonds is 9. The van der Waals surface area contributed by atoms with E-state index in [1.807, 2.05) is 53.4 Å². The molecule has 184 valence electrons. The summed E-state index contributed by atoms with van der Waals surface area (Å²) >= 11 is 0. The third-order valence-corrected chi connectivity index (χ3v) is 6.52. The highest BCUT2D eigenvalue weighted by Gasteiger charge is 2.26. The van der Waals surface area contributed by atoms with Crippen LogP contribution in [0.25, 0.3) is 0 Å². The van der Waals surface area contributed by atoms with E-state index in [1.165, 1.54) is 0 Å². The lowest BCUT2D eigenvalue weighted by Crippen LogP contribution is -2.26. The summed E-state index contributed by atoms with van der Waals surface area (Å²) < 4.78 is 0. The van der Waals surface area contributed by atoms with Gasteiger partial charge in [-0.25, -0.2) is 0 Å². The summed E-state index contributed by atoms with van der Waals surface area (Å²) in [5.41, 5.74) is 4.97. The van der Waals surface area contributed by atoms with Crippen LogP contribution in [-0.4, -0.2) is 42.3 Å². The SMILES string of the molecule is O=C(Nc1ccc(Nc2ccccc2)c2c1C(=O)NC2)c1ccc(NCCCN2CCCC2=O)cc1. The molecule has 3 aromatic carbocycles. The topological polar surface area (TPSA) is 103 Å². The number of amides is 3. The smallest absolute Gasteiger partial charge is 0.255 e. The minimum Gasteiger partial charge on any atom is -0.385 e. The Morgan fingerprint density at radius 1 is 0.917 bits per heavy atom. The summed E-state index contributed by atoms with van der Waals surface area (Å²) in [4.78, 5) is 39.1. The summed E-state index contributed by atoms with van der Waals surface area (Å²) in [7, 11) is 0. The fraction of sp³-hybridized carbons (Fsp3) is 0.250. The lowest BCUT2D eigenvalue weighted by atomic mass is 10.0. The maximum atomic E-state index is 12.9. The first kappa shape index (κ1) is 23.4. The van der Waals surface area contributed by atoms with Gasteiger partial charge in [-0.1, -0.05) is 18.2 Å². The zero-order valence-corrected chi connectivity index (χ0v) is 20.0. The first-order chi connectivity index (χ1) is 17.6. The second kappa shape index (κ2) is 10.5. The Labute approximate surface area is 210 Å². The quantitative estimate of drug-likeness (QED) is 0.339. The van der Waals surface area contributed by atoms with Crippen LogP contribution in [-0.2, 0) is 11.3 Å². The third kappa shape index (κ3) is 5.17. The number of nitrogens with zero attached hydrogens (tertiary/aromatic N) is 1. The molecule has 4 N–H and O–H groups in total. The minimum atomic E-state index is -0.278. The molecule has 8 heteroatoms. The van der Waals surface area contributed by atoms with Crippen molar-refractivity contribution in [2.45, 2.75) is 25.8 Å². The Bertz CT molecular complexity index is 1270. The maximum absolute atomic E-state index is 12.9. The number of nitrogens with one attached hydrogen (secondary N) is 4. The number of benzene rings is 3. The van der Waals surface area contributed by atoms with Crippen molar-refractivity contribution in [3.05, 3.63) is 83.4 Å². The van der Waals surface area contributed by atoms with Gasteiger partial charge < -0.3 is 26.2 Å².